The summed E-state index contributed by atoms with van der Waals surface area (Å²) in [5.74, 6) is 0.915. The van der Waals surface area contributed by atoms with Crippen LogP contribution >= 0.6 is 0 Å². The quantitative estimate of drug-likeness (QED) is 0.747. The lowest BCUT2D eigenvalue weighted by molar-refractivity contribution is 0.411. The van der Waals surface area contributed by atoms with Crippen LogP contribution in [0.25, 0.3) is 0 Å². The molecule has 0 unspecified atom stereocenters. The molecule has 0 saturated carbocycles. The lowest BCUT2D eigenvalue weighted by Gasteiger charge is -2.20. The summed E-state index contributed by atoms with van der Waals surface area (Å²) in [6.45, 7) is 6.38. The maximum absolute atomic E-state index is 5.27. The first kappa shape index (κ1) is 11.4. The van der Waals surface area contributed by atoms with Crippen LogP contribution in [0.3, 0.4) is 0 Å². The van der Waals surface area contributed by atoms with Crippen LogP contribution in [0.4, 0.5) is 5.69 Å². The number of ether oxygens (including phenoxy) is 1. The molecule has 0 radical (unpaired) electrons. The Labute approximate surface area is 91.4 Å². The van der Waals surface area contributed by atoms with Crippen molar-refractivity contribution in [3.63, 3.8) is 0 Å². The first-order chi connectivity index (χ1) is 7.19. The third-order valence-corrected chi connectivity index (χ3v) is 2.31. The third-order valence-electron chi connectivity index (χ3n) is 2.31. The van der Waals surface area contributed by atoms with Crippen molar-refractivity contribution in [3.8, 4) is 5.75 Å². The van der Waals surface area contributed by atoms with Gasteiger partial charge in [-0.2, -0.15) is 0 Å². The summed E-state index contributed by atoms with van der Waals surface area (Å²) < 4.78 is 5.27. The van der Waals surface area contributed by atoms with Crippen molar-refractivity contribution in [3.05, 3.63) is 36.5 Å². The molecule has 15 heavy (non-hydrogen) atoms. The standard InChI is InChI=1S/C12H18N2O/c1-5-13-9-14(3)11-7-6-10(2)12(8-11)15-4/h5-8,13H,1,9H2,2-4H3. The summed E-state index contributed by atoms with van der Waals surface area (Å²) in [6, 6.07) is 6.15. The van der Waals surface area contributed by atoms with Crippen LogP contribution in [-0.4, -0.2) is 20.8 Å². The molecule has 0 heterocycles. The van der Waals surface area contributed by atoms with Crippen molar-refractivity contribution >= 4 is 5.69 Å². The van der Waals surface area contributed by atoms with Gasteiger partial charge in [-0.1, -0.05) is 12.6 Å². The number of hydrogen-bond acceptors (Lipinski definition) is 3. The second-order valence-electron chi connectivity index (χ2n) is 3.42. The molecular weight excluding hydrogens is 188 g/mol. The molecule has 0 aliphatic heterocycles. The van der Waals surface area contributed by atoms with E-state index in [1.54, 1.807) is 13.3 Å². The van der Waals surface area contributed by atoms with E-state index in [4.69, 9.17) is 4.74 Å². The van der Waals surface area contributed by atoms with Crippen LogP contribution in [0.2, 0.25) is 0 Å². The summed E-state index contributed by atoms with van der Waals surface area (Å²) in [6.07, 6.45) is 1.68. The van der Waals surface area contributed by atoms with E-state index in [1.165, 1.54) is 0 Å². The molecule has 0 amide bonds. The fraction of sp³-hybridized carbons (Fsp3) is 0.333. The Morgan fingerprint density at radius 1 is 1.53 bits per heavy atom. The Kier molecular flexibility index (Phi) is 4.03. The highest BCUT2D eigenvalue weighted by Crippen LogP contribution is 2.23. The number of rotatable bonds is 5. The van der Waals surface area contributed by atoms with Gasteiger partial charge in [0.15, 0.2) is 0 Å². The molecule has 3 nitrogen and oxygen atoms in total. The molecule has 0 spiro atoms. The van der Waals surface area contributed by atoms with Gasteiger partial charge in [-0.3, -0.25) is 0 Å². The van der Waals surface area contributed by atoms with E-state index in [9.17, 15) is 0 Å². The maximum Gasteiger partial charge on any atom is 0.123 e. The zero-order valence-electron chi connectivity index (χ0n) is 9.58. The minimum absolute atomic E-state index is 0.732. The van der Waals surface area contributed by atoms with Crippen molar-refractivity contribution in [1.29, 1.82) is 0 Å². The number of aryl methyl sites for hydroxylation is 1. The Balaban J connectivity index is 2.80. The number of nitrogens with one attached hydrogen (secondary N) is 1. The molecule has 0 aromatic heterocycles. The minimum Gasteiger partial charge on any atom is -0.496 e. The largest absolute Gasteiger partial charge is 0.496 e. The van der Waals surface area contributed by atoms with Gasteiger partial charge in [-0.25, -0.2) is 0 Å². The molecule has 1 N–H and O–H groups in total. The molecule has 0 aliphatic carbocycles. The van der Waals surface area contributed by atoms with Gasteiger partial charge in [0.2, 0.25) is 0 Å². The molecular formula is C12H18N2O. The molecule has 0 atom stereocenters. The van der Waals surface area contributed by atoms with E-state index in [1.807, 2.05) is 20.0 Å². The lowest BCUT2D eigenvalue weighted by atomic mass is 10.2. The van der Waals surface area contributed by atoms with E-state index in [0.29, 0.717) is 0 Å². The Hall–Kier alpha value is -1.64. The van der Waals surface area contributed by atoms with Crippen molar-refractivity contribution in [2.75, 3.05) is 25.7 Å². The summed E-state index contributed by atoms with van der Waals surface area (Å²) in [5.41, 5.74) is 2.26. The van der Waals surface area contributed by atoms with Gasteiger partial charge in [0.1, 0.15) is 5.75 Å². The van der Waals surface area contributed by atoms with E-state index in [0.717, 1.165) is 23.7 Å². The molecule has 1 aromatic carbocycles. The number of nitrogens with zero attached hydrogens (tertiary/aromatic N) is 1. The third kappa shape index (κ3) is 2.91. The minimum atomic E-state index is 0.732. The second kappa shape index (κ2) is 5.29. The van der Waals surface area contributed by atoms with Crippen molar-refractivity contribution in [1.82, 2.24) is 5.32 Å². The van der Waals surface area contributed by atoms with Crippen LogP contribution in [-0.2, 0) is 0 Å². The number of anilines is 1. The summed E-state index contributed by atoms with van der Waals surface area (Å²) in [7, 11) is 3.70. The Morgan fingerprint density at radius 2 is 2.27 bits per heavy atom. The van der Waals surface area contributed by atoms with Gasteiger partial charge in [-0.05, 0) is 24.8 Å². The van der Waals surface area contributed by atoms with Crippen LogP contribution in [0, 0.1) is 6.92 Å². The van der Waals surface area contributed by atoms with Crippen LogP contribution < -0.4 is 15.0 Å². The molecule has 1 aromatic rings. The summed E-state index contributed by atoms with van der Waals surface area (Å²) in [4.78, 5) is 2.09. The topological polar surface area (TPSA) is 24.5 Å². The van der Waals surface area contributed by atoms with Gasteiger partial charge < -0.3 is 15.0 Å². The molecule has 1 rings (SSSR count). The number of methoxy groups -OCH3 is 1. The van der Waals surface area contributed by atoms with Gasteiger partial charge in [0, 0.05) is 18.8 Å². The zero-order valence-corrected chi connectivity index (χ0v) is 9.58. The zero-order chi connectivity index (χ0) is 11.3. The number of benzene rings is 1. The van der Waals surface area contributed by atoms with Gasteiger partial charge in [0.25, 0.3) is 0 Å². The highest BCUT2D eigenvalue weighted by atomic mass is 16.5. The van der Waals surface area contributed by atoms with Crippen molar-refractivity contribution in [2.24, 2.45) is 0 Å². The summed E-state index contributed by atoms with van der Waals surface area (Å²) in [5, 5.41) is 3.05. The first-order valence-corrected chi connectivity index (χ1v) is 4.89. The van der Waals surface area contributed by atoms with E-state index in [-0.39, 0.29) is 0 Å². The van der Waals surface area contributed by atoms with Crippen LogP contribution in [0.1, 0.15) is 5.56 Å². The Bertz CT molecular complexity index is 336. The lowest BCUT2D eigenvalue weighted by Crippen LogP contribution is -2.27. The fourth-order valence-electron chi connectivity index (χ4n) is 1.34. The molecule has 0 aliphatic rings. The SMILES string of the molecule is C=CNCN(C)c1ccc(C)c(OC)c1. The van der Waals surface area contributed by atoms with Gasteiger partial charge in [0.05, 0.1) is 13.8 Å². The molecule has 0 fully saturated rings. The van der Waals surface area contributed by atoms with Crippen LogP contribution in [0.5, 0.6) is 5.75 Å². The highest BCUT2D eigenvalue weighted by molar-refractivity contribution is 5.52. The van der Waals surface area contributed by atoms with Crippen molar-refractivity contribution < 1.29 is 4.74 Å². The average molecular weight is 206 g/mol. The normalized spacial score (nSPS) is 9.53. The smallest absolute Gasteiger partial charge is 0.123 e. The van der Waals surface area contributed by atoms with Crippen LogP contribution in [0.15, 0.2) is 31.0 Å². The maximum atomic E-state index is 5.27. The molecule has 0 saturated heterocycles. The molecule has 0 bridgehead atoms. The van der Waals surface area contributed by atoms with Gasteiger partial charge >= 0.3 is 0 Å². The van der Waals surface area contributed by atoms with Gasteiger partial charge in [-0.15, -0.1) is 0 Å². The predicted molar refractivity (Wildman–Crippen MR) is 64.3 cm³/mol. The first-order valence-electron chi connectivity index (χ1n) is 4.89. The Morgan fingerprint density at radius 3 is 2.87 bits per heavy atom. The highest BCUT2D eigenvalue weighted by Gasteiger charge is 2.03. The predicted octanol–water partition coefficient (Wildman–Crippen LogP) is 2.13. The van der Waals surface area contributed by atoms with Crippen molar-refractivity contribution in [2.45, 2.75) is 6.92 Å². The van der Waals surface area contributed by atoms with E-state index in [2.05, 4.69) is 28.9 Å². The number of hydrogen-bond donors (Lipinski definition) is 1. The monoisotopic (exact) mass is 206 g/mol. The van der Waals surface area contributed by atoms with E-state index < -0.39 is 0 Å². The fourth-order valence-corrected chi connectivity index (χ4v) is 1.34. The second-order valence-corrected chi connectivity index (χ2v) is 3.42. The summed E-state index contributed by atoms with van der Waals surface area (Å²) >= 11 is 0. The molecule has 3 heteroatoms. The molecule has 82 valence electrons. The van der Waals surface area contributed by atoms with E-state index >= 15 is 0 Å². The average Bonchev–Trinajstić information content (AvgIpc) is 2.26.